The normalized spacial score (nSPS) is 32.2. The Hall–Kier alpha value is -0.850. The monoisotopic (exact) mass is 247 g/mol. The summed E-state index contributed by atoms with van der Waals surface area (Å²) >= 11 is 0. The summed E-state index contributed by atoms with van der Waals surface area (Å²) in [6.07, 6.45) is 5.80. The molecule has 0 saturated carbocycles. The van der Waals surface area contributed by atoms with Crippen LogP contribution >= 0.6 is 0 Å². The van der Waals surface area contributed by atoms with E-state index in [0.717, 1.165) is 39.0 Å². The minimum atomic E-state index is 0.107. The van der Waals surface area contributed by atoms with Crippen LogP contribution in [0.5, 0.6) is 0 Å². The third-order valence-electron chi connectivity index (χ3n) is 4.17. The average Bonchev–Trinajstić information content (AvgIpc) is 2.58. The van der Waals surface area contributed by atoms with Gasteiger partial charge in [-0.3, -0.25) is 4.90 Å². The van der Waals surface area contributed by atoms with Gasteiger partial charge in [-0.15, -0.1) is 0 Å². The molecule has 1 fully saturated rings. The van der Waals surface area contributed by atoms with Crippen molar-refractivity contribution < 1.29 is 0 Å². The van der Waals surface area contributed by atoms with Crippen LogP contribution in [0.2, 0.25) is 0 Å². The van der Waals surface area contributed by atoms with Crippen molar-refractivity contribution in [1.82, 2.24) is 10.2 Å². The predicted octanol–water partition coefficient (Wildman–Crippen LogP) is 2.17. The fraction of sp³-hybridized carbons (Fsp3) is 0.800. The van der Waals surface area contributed by atoms with Gasteiger partial charge in [-0.05, 0) is 44.6 Å². The molecule has 1 N–H and O–H groups in total. The van der Waals surface area contributed by atoms with Gasteiger partial charge in [0.2, 0.25) is 0 Å². The van der Waals surface area contributed by atoms with E-state index in [4.69, 9.17) is 0 Å². The molecule has 3 heteroatoms. The van der Waals surface area contributed by atoms with Crippen LogP contribution in [0.3, 0.4) is 0 Å². The molecular formula is C15H25N3. The summed E-state index contributed by atoms with van der Waals surface area (Å²) < 4.78 is 0. The summed E-state index contributed by atoms with van der Waals surface area (Å²) in [5, 5.41) is 13.0. The average molecular weight is 247 g/mol. The summed E-state index contributed by atoms with van der Waals surface area (Å²) in [4.78, 5) is 2.40. The maximum Gasteiger partial charge on any atom is 0.101 e. The Kier molecular flexibility index (Phi) is 4.79. The van der Waals surface area contributed by atoms with Crippen LogP contribution in [-0.4, -0.2) is 37.1 Å². The lowest BCUT2D eigenvalue weighted by Crippen LogP contribution is -2.42. The van der Waals surface area contributed by atoms with E-state index in [0.29, 0.717) is 11.8 Å². The van der Waals surface area contributed by atoms with Gasteiger partial charge in [0.05, 0.1) is 6.07 Å². The number of hydrogen-bond donors (Lipinski definition) is 1. The van der Waals surface area contributed by atoms with Crippen molar-refractivity contribution in [2.24, 2.45) is 11.8 Å². The highest BCUT2D eigenvalue weighted by Gasteiger charge is 2.30. The largest absolute Gasteiger partial charge is 0.315 e. The Morgan fingerprint density at radius 2 is 2.28 bits per heavy atom. The molecule has 0 aromatic heterocycles. The zero-order valence-corrected chi connectivity index (χ0v) is 11.7. The highest BCUT2D eigenvalue weighted by molar-refractivity contribution is 5.11. The fourth-order valence-electron chi connectivity index (χ4n) is 3.47. The minimum Gasteiger partial charge on any atom is -0.315 e. The van der Waals surface area contributed by atoms with E-state index in [1.807, 2.05) is 0 Å². The third kappa shape index (κ3) is 3.34. The van der Waals surface area contributed by atoms with Crippen molar-refractivity contribution in [2.45, 2.75) is 39.2 Å². The zero-order chi connectivity index (χ0) is 13.0. The molecule has 0 aromatic rings. The Balaban J connectivity index is 2.04. The summed E-state index contributed by atoms with van der Waals surface area (Å²) in [5.41, 5.74) is 1.46. The Morgan fingerprint density at radius 3 is 3.00 bits per heavy atom. The van der Waals surface area contributed by atoms with Gasteiger partial charge in [0.1, 0.15) is 6.04 Å². The lowest BCUT2D eigenvalue weighted by atomic mass is 9.79. The van der Waals surface area contributed by atoms with Crippen molar-refractivity contribution in [2.75, 3.05) is 26.2 Å². The van der Waals surface area contributed by atoms with Crippen LogP contribution in [0.25, 0.3) is 0 Å². The van der Waals surface area contributed by atoms with Crippen LogP contribution in [-0.2, 0) is 0 Å². The number of nitrogens with zero attached hydrogens (tertiary/aromatic N) is 2. The molecule has 3 nitrogen and oxygen atoms in total. The van der Waals surface area contributed by atoms with E-state index in [1.54, 1.807) is 0 Å². The first-order chi connectivity index (χ1) is 8.70. The lowest BCUT2D eigenvalue weighted by Gasteiger charge is -2.35. The summed E-state index contributed by atoms with van der Waals surface area (Å²) in [6.45, 7) is 8.68. The predicted molar refractivity (Wildman–Crippen MR) is 74.1 cm³/mol. The second-order valence-corrected chi connectivity index (χ2v) is 5.90. The molecule has 0 radical (unpaired) electrons. The fourth-order valence-corrected chi connectivity index (χ4v) is 3.47. The van der Waals surface area contributed by atoms with Crippen LogP contribution in [0.1, 0.15) is 33.1 Å². The second kappa shape index (κ2) is 6.36. The molecule has 3 atom stereocenters. The first-order valence-corrected chi connectivity index (χ1v) is 7.22. The molecule has 1 saturated heterocycles. The van der Waals surface area contributed by atoms with Gasteiger partial charge in [-0.25, -0.2) is 0 Å². The van der Waals surface area contributed by atoms with Crippen molar-refractivity contribution >= 4 is 0 Å². The van der Waals surface area contributed by atoms with Crippen LogP contribution in [0, 0.1) is 23.2 Å². The molecular weight excluding hydrogens is 222 g/mol. The molecule has 0 amide bonds. The van der Waals surface area contributed by atoms with Crippen molar-refractivity contribution in [1.29, 1.82) is 5.26 Å². The number of nitrogens with one attached hydrogen (secondary N) is 1. The second-order valence-electron chi connectivity index (χ2n) is 5.90. The van der Waals surface area contributed by atoms with E-state index in [-0.39, 0.29) is 6.04 Å². The van der Waals surface area contributed by atoms with Crippen molar-refractivity contribution in [3.63, 3.8) is 0 Å². The maximum absolute atomic E-state index is 9.56. The van der Waals surface area contributed by atoms with Gasteiger partial charge in [-0.1, -0.05) is 18.6 Å². The molecule has 100 valence electrons. The molecule has 0 aromatic carbocycles. The van der Waals surface area contributed by atoms with Crippen molar-refractivity contribution in [3.8, 4) is 6.07 Å². The number of nitriles is 1. The van der Waals surface area contributed by atoms with E-state index < -0.39 is 0 Å². The van der Waals surface area contributed by atoms with Crippen LogP contribution < -0.4 is 5.32 Å². The summed E-state index contributed by atoms with van der Waals surface area (Å²) in [6, 6.07) is 2.69. The lowest BCUT2D eigenvalue weighted by molar-refractivity contribution is 0.172. The molecule has 1 heterocycles. The highest BCUT2D eigenvalue weighted by Crippen LogP contribution is 2.32. The molecule has 2 rings (SSSR count). The van der Waals surface area contributed by atoms with Gasteiger partial charge >= 0.3 is 0 Å². The van der Waals surface area contributed by atoms with E-state index in [1.165, 1.54) is 12.0 Å². The summed E-state index contributed by atoms with van der Waals surface area (Å²) in [5.74, 6) is 1.15. The van der Waals surface area contributed by atoms with Gasteiger partial charge < -0.3 is 5.32 Å². The molecule has 0 bridgehead atoms. The molecule has 2 aliphatic rings. The Labute approximate surface area is 111 Å². The van der Waals surface area contributed by atoms with E-state index >= 15 is 0 Å². The first kappa shape index (κ1) is 13.6. The topological polar surface area (TPSA) is 39.1 Å². The first-order valence-electron chi connectivity index (χ1n) is 7.22. The number of allylic oxidation sites excluding steroid dienone is 2. The van der Waals surface area contributed by atoms with Gasteiger partial charge in [0.15, 0.2) is 0 Å². The van der Waals surface area contributed by atoms with Crippen molar-refractivity contribution in [3.05, 3.63) is 11.6 Å². The van der Waals surface area contributed by atoms with E-state index in [9.17, 15) is 5.26 Å². The molecule has 1 aliphatic carbocycles. The molecule has 3 unspecified atom stereocenters. The number of hydrogen-bond acceptors (Lipinski definition) is 3. The standard InChI is InChI=1S/C15H25N3/c1-12-8-13(2)10-14(9-12)15(11-16)18-6-3-4-17-5-7-18/h8,12,14-15,17H,3-7,9-10H2,1-2H3. The minimum absolute atomic E-state index is 0.107. The zero-order valence-electron chi connectivity index (χ0n) is 11.7. The highest BCUT2D eigenvalue weighted by atomic mass is 15.2. The van der Waals surface area contributed by atoms with Gasteiger partial charge in [0.25, 0.3) is 0 Å². The van der Waals surface area contributed by atoms with Gasteiger partial charge in [0, 0.05) is 19.6 Å². The SMILES string of the molecule is CC1=CC(C)CC(C(C#N)N2CCCNCC2)C1. The Bertz CT molecular complexity index is 334. The summed E-state index contributed by atoms with van der Waals surface area (Å²) in [7, 11) is 0. The number of rotatable bonds is 2. The third-order valence-corrected chi connectivity index (χ3v) is 4.17. The maximum atomic E-state index is 9.56. The molecule has 0 spiro atoms. The smallest absolute Gasteiger partial charge is 0.101 e. The molecule has 18 heavy (non-hydrogen) atoms. The van der Waals surface area contributed by atoms with Gasteiger partial charge in [-0.2, -0.15) is 5.26 Å². The quantitative estimate of drug-likeness (QED) is 0.760. The van der Waals surface area contributed by atoms with Crippen LogP contribution in [0.15, 0.2) is 11.6 Å². The Morgan fingerprint density at radius 1 is 1.44 bits per heavy atom. The van der Waals surface area contributed by atoms with Crippen LogP contribution in [0.4, 0.5) is 0 Å². The molecule has 1 aliphatic heterocycles. The van der Waals surface area contributed by atoms with E-state index in [2.05, 4.69) is 36.2 Å².